The molecule has 5 nitrogen and oxygen atoms in total. The van der Waals surface area contributed by atoms with Gasteiger partial charge in [-0.25, -0.2) is 0 Å². The fraction of sp³-hybridized carbons (Fsp3) is 0.500. The van der Waals surface area contributed by atoms with E-state index in [0.717, 1.165) is 37.4 Å². The maximum atomic E-state index is 4.22. The van der Waals surface area contributed by atoms with Crippen LogP contribution in [0.2, 0.25) is 0 Å². The molecule has 1 saturated heterocycles. The van der Waals surface area contributed by atoms with Crippen LogP contribution in [0.15, 0.2) is 24.3 Å². The van der Waals surface area contributed by atoms with Crippen molar-refractivity contribution in [2.75, 3.05) is 13.1 Å². The lowest BCUT2D eigenvalue weighted by Gasteiger charge is -2.21. The summed E-state index contributed by atoms with van der Waals surface area (Å²) in [7, 11) is 0. The second-order valence-electron chi connectivity index (χ2n) is 5.01. The molecule has 0 spiro atoms. The van der Waals surface area contributed by atoms with Gasteiger partial charge in [-0.15, -0.1) is 5.10 Å². The number of nitrogens with zero attached hydrogens (tertiary/aromatic N) is 4. The number of nitrogens with one attached hydrogen (secondary N) is 1. The summed E-state index contributed by atoms with van der Waals surface area (Å²) in [5.74, 6) is 1.38. The summed E-state index contributed by atoms with van der Waals surface area (Å²) >= 11 is 0. The fourth-order valence-corrected chi connectivity index (χ4v) is 2.58. The van der Waals surface area contributed by atoms with Gasteiger partial charge in [-0.2, -0.15) is 4.68 Å². The minimum atomic E-state index is 0.412. The largest absolute Gasteiger partial charge is 0.316 e. The first-order chi connectivity index (χ1) is 9.38. The van der Waals surface area contributed by atoms with E-state index in [1.54, 1.807) is 0 Å². The zero-order valence-corrected chi connectivity index (χ0v) is 11.2. The highest BCUT2D eigenvalue weighted by Gasteiger charge is 2.21. The number of piperidine rings is 1. The number of hydrogen-bond acceptors (Lipinski definition) is 4. The van der Waals surface area contributed by atoms with Crippen molar-refractivity contribution >= 4 is 0 Å². The van der Waals surface area contributed by atoms with Gasteiger partial charge in [0.2, 0.25) is 0 Å². The minimum Gasteiger partial charge on any atom is -0.316 e. The van der Waals surface area contributed by atoms with Gasteiger partial charge in [0.1, 0.15) is 0 Å². The topological polar surface area (TPSA) is 55.6 Å². The van der Waals surface area contributed by atoms with Gasteiger partial charge in [-0.05, 0) is 53.9 Å². The zero-order valence-electron chi connectivity index (χ0n) is 11.2. The van der Waals surface area contributed by atoms with Crippen LogP contribution in [0.1, 0.15) is 37.1 Å². The molecule has 1 fully saturated rings. The molecule has 0 bridgehead atoms. The van der Waals surface area contributed by atoms with E-state index >= 15 is 0 Å². The van der Waals surface area contributed by atoms with E-state index in [9.17, 15) is 0 Å². The van der Waals surface area contributed by atoms with Gasteiger partial charge >= 0.3 is 0 Å². The Morgan fingerprint density at radius 1 is 1.32 bits per heavy atom. The molecule has 1 aliphatic heterocycles. The van der Waals surface area contributed by atoms with Crippen molar-refractivity contribution in [1.82, 2.24) is 25.5 Å². The summed E-state index contributed by atoms with van der Waals surface area (Å²) in [6.45, 7) is 4.22. The van der Waals surface area contributed by atoms with E-state index in [2.05, 4.69) is 52.0 Å². The van der Waals surface area contributed by atoms with Crippen LogP contribution in [0.3, 0.4) is 0 Å². The van der Waals surface area contributed by atoms with Gasteiger partial charge < -0.3 is 5.32 Å². The number of tetrazole rings is 1. The Bertz CT molecular complexity index is 525. The lowest BCUT2D eigenvalue weighted by Crippen LogP contribution is -2.30. The highest BCUT2D eigenvalue weighted by atomic mass is 15.5. The molecule has 2 aromatic rings. The molecule has 3 rings (SSSR count). The number of hydrogen-bond donors (Lipinski definition) is 1. The molecule has 0 saturated carbocycles. The van der Waals surface area contributed by atoms with Gasteiger partial charge in [0, 0.05) is 12.5 Å². The van der Waals surface area contributed by atoms with E-state index in [-0.39, 0.29) is 0 Å². The monoisotopic (exact) mass is 257 g/mol. The molecule has 19 heavy (non-hydrogen) atoms. The number of aromatic nitrogens is 4. The lowest BCUT2D eigenvalue weighted by atomic mass is 9.99. The van der Waals surface area contributed by atoms with E-state index in [0.29, 0.717) is 5.92 Å². The van der Waals surface area contributed by atoms with Crippen LogP contribution in [-0.2, 0) is 6.42 Å². The van der Waals surface area contributed by atoms with Crippen molar-refractivity contribution in [2.45, 2.75) is 32.1 Å². The SMILES string of the molecule is CCc1ccc(-n2nnnc2C2CCCNC2)cc1. The summed E-state index contributed by atoms with van der Waals surface area (Å²) in [4.78, 5) is 0. The Kier molecular flexibility index (Phi) is 3.55. The van der Waals surface area contributed by atoms with E-state index in [4.69, 9.17) is 0 Å². The van der Waals surface area contributed by atoms with Crippen molar-refractivity contribution in [3.63, 3.8) is 0 Å². The molecule has 1 unspecified atom stereocenters. The predicted molar refractivity (Wildman–Crippen MR) is 73.4 cm³/mol. The highest BCUT2D eigenvalue weighted by molar-refractivity contribution is 5.34. The molecular weight excluding hydrogens is 238 g/mol. The van der Waals surface area contributed by atoms with Crippen LogP contribution >= 0.6 is 0 Å². The third-order valence-corrected chi connectivity index (χ3v) is 3.74. The Morgan fingerprint density at radius 2 is 2.16 bits per heavy atom. The van der Waals surface area contributed by atoms with Crippen LogP contribution in [0.5, 0.6) is 0 Å². The predicted octanol–water partition coefficient (Wildman–Crippen LogP) is 1.69. The molecule has 0 aliphatic carbocycles. The standard InChI is InChI=1S/C14H19N5/c1-2-11-5-7-13(8-6-11)19-14(16-17-18-19)12-4-3-9-15-10-12/h5-8,12,15H,2-4,9-10H2,1H3. The van der Waals surface area contributed by atoms with Crippen molar-refractivity contribution in [3.8, 4) is 5.69 Å². The van der Waals surface area contributed by atoms with Gasteiger partial charge in [-0.1, -0.05) is 19.1 Å². The van der Waals surface area contributed by atoms with Crippen LogP contribution in [0.4, 0.5) is 0 Å². The minimum absolute atomic E-state index is 0.412. The average Bonchev–Trinajstić information content (AvgIpc) is 2.98. The van der Waals surface area contributed by atoms with Crippen LogP contribution < -0.4 is 5.32 Å². The maximum Gasteiger partial charge on any atom is 0.161 e. The Labute approximate surface area is 113 Å². The Hall–Kier alpha value is -1.75. The van der Waals surface area contributed by atoms with Crippen LogP contribution in [0.25, 0.3) is 5.69 Å². The molecule has 2 heterocycles. The number of aryl methyl sites for hydroxylation is 1. The molecule has 1 atom stereocenters. The quantitative estimate of drug-likeness (QED) is 0.909. The molecule has 1 aromatic carbocycles. The maximum absolute atomic E-state index is 4.22. The molecule has 5 heteroatoms. The van der Waals surface area contributed by atoms with Gasteiger partial charge in [0.05, 0.1) is 5.69 Å². The summed E-state index contributed by atoms with van der Waals surface area (Å²) in [5, 5.41) is 15.6. The van der Waals surface area contributed by atoms with Crippen molar-refractivity contribution in [3.05, 3.63) is 35.7 Å². The molecule has 100 valence electrons. The van der Waals surface area contributed by atoms with E-state index in [1.165, 1.54) is 12.0 Å². The zero-order chi connectivity index (χ0) is 13.1. The molecule has 1 aromatic heterocycles. The number of benzene rings is 1. The normalized spacial score (nSPS) is 19.5. The summed E-state index contributed by atoms with van der Waals surface area (Å²) in [5.41, 5.74) is 2.38. The van der Waals surface area contributed by atoms with Gasteiger partial charge in [0.15, 0.2) is 5.82 Å². The summed E-state index contributed by atoms with van der Waals surface area (Å²) in [6, 6.07) is 8.46. The molecular formula is C14H19N5. The molecule has 0 amide bonds. The molecule has 1 aliphatic rings. The smallest absolute Gasteiger partial charge is 0.161 e. The summed E-state index contributed by atoms with van der Waals surface area (Å²) < 4.78 is 1.87. The van der Waals surface area contributed by atoms with Crippen molar-refractivity contribution < 1.29 is 0 Å². The van der Waals surface area contributed by atoms with E-state index < -0.39 is 0 Å². The van der Waals surface area contributed by atoms with E-state index in [1.807, 2.05) is 4.68 Å². The third-order valence-electron chi connectivity index (χ3n) is 3.74. The summed E-state index contributed by atoms with van der Waals surface area (Å²) in [6.07, 6.45) is 3.39. The third kappa shape index (κ3) is 2.51. The highest BCUT2D eigenvalue weighted by Crippen LogP contribution is 2.22. The second kappa shape index (κ2) is 5.48. The fourth-order valence-electron chi connectivity index (χ4n) is 2.58. The van der Waals surface area contributed by atoms with Crippen molar-refractivity contribution in [1.29, 1.82) is 0 Å². The lowest BCUT2D eigenvalue weighted by molar-refractivity contribution is 0.440. The number of rotatable bonds is 3. The first-order valence-corrected chi connectivity index (χ1v) is 6.97. The van der Waals surface area contributed by atoms with Gasteiger partial charge in [0.25, 0.3) is 0 Å². The second-order valence-corrected chi connectivity index (χ2v) is 5.01. The first-order valence-electron chi connectivity index (χ1n) is 6.97. The van der Waals surface area contributed by atoms with Crippen LogP contribution in [-0.4, -0.2) is 33.3 Å². The Morgan fingerprint density at radius 3 is 2.84 bits per heavy atom. The van der Waals surface area contributed by atoms with Crippen LogP contribution in [0, 0.1) is 0 Å². The Balaban J connectivity index is 1.89. The first kappa shape index (κ1) is 12.3. The van der Waals surface area contributed by atoms with Crippen molar-refractivity contribution in [2.24, 2.45) is 0 Å². The molecule has 1 N–H and O–H groups in total. The average molecular weight is 257 g/mol. The molecule has 0 radical (unpaired) electrons. The van der Waals surface area contributed by atoms with Gasteiger partial charge in [-0.3, -0.25) is 0 Å².